The molecule has 0 N–H and O–H groups in total. The summed E-state index contributed by atoms with van der Waals surface area (Å²) in [4.78, 5) is 5.14. The molecule has 74 heavy (non-hydrogen) atoms. The third kappa shape index (κ3) is 6.09. The van der Waals surface area contributed by atoms with Crippen LogP contribution in [0.1, 0.15) is 107 Å². The van der Waals surface area contributed by atoms with Gasteiger partial charge in [-0.25, -0.2) is 0 Å². The molecule has 0 amide bonds. The molecule has 0 radical (unpaired) electrons. The van der Waals surface area contributed by atoms with Crippen molar-refractivity contribution < 1.29 is 0 Å². The van der Waals surface area contributed by atoms with E-state index in [1.165, 1.54) is 117 Å². The molecule has 9 aromatic carbocycles. The van der Waals surface area contributed by atoms with Gasteiger partial charge in [-0.3, -0.25) is 0 Å². The second kappa shape index (κ2) is 15.4. The number of anilines is 6. The summed E-state index contributed by atoms with van der Waals surface area (Å²) in [7, 11) is 0. The Labute approximate surface area is 437 Å². The molecule has 0 spiro atoms. The van der Waals surface area contributed by atoms with Gasteiger partial charge < -0.3 is 14.3 Å². The van der Waals surface area contributed by atoms with E-state index in [0.717, 1.165) is 17.1 Å². The second-order valence-electron chi connectivity index (χ2n) is 24.2. The molecule has 4 heteroatoms. The van der Waals surface area contributed by atoms with Crippen LogP contribution in [0.15, 0.2) is 194 Å². The maximum absolute atomic E-state index is 2.83. The van der Waals surface area contributed by atoms with Crippen LogP contribution in [0.2, 0.25) is 0 Å². The molecule has 0 saturated heterocycles. The van der Waals surface area contributed by atoms with Crippen LogP contribution in [-0.4, -0.2) is 11.3 Å². The Morgan fingerprint density at radius 3 is 1.66 bits per heavy atom. The fraction of sp³-hybridized carbons (Fsp3) is 0.200. The predicted octanol–water partition coefficient (Wildman–Crippen LogP) is 17.1. The van der Waals surface area contributed by atoms with Crippen molar-refractivity contribution in [3.63, 3.8) is 0 Å². The number of rotatable bonds is 5. The lowest BCUT2D eigenvalue weighted by Gasteiger charge is -2.47. The zero-order valence-corrected chi connectivity index (χ0v) is 44.4. The van der Waals surface area contributed by atoms with Gasteiger partial charge in [-0.1, -0.05) is 196 Å². The highest BCUT2D eigenvalue weighted by Gasteiger charge is 2.51. The van der Waals surface area contributed by atoms with Crippen molar-refractivity contribution in [3.8, 4) is 33.5 Å². The zero-order chi connectivity index (χ0) is 50.8. The highest BCUT2D eigenvalue weighted by atomic mass is 15.2. The molecule has 2 aliphatic carbocycles. The summed E-state index contributed by atoms with van der Waals surface area (Å²) >= 11 is 0. The minimum absolute atomic E-state index is 0.0451. The van der Waals surface area contributed by atoms with Gasteiger partial charge in [0.25, 0.3) is 0 Å². The lowest BCUT2D eigenvalue weighted by Crippen LogP contribution is -2.57. The molecule has 4 aliphatic rings. The summed E-state index contributed by atoms with van der Waals surface area (Å²) in [6, 6.07) is 74.1. The van der Waals surface area contributed by atoms with E-state index in [1.807, 2.05) is 0 Å². The Balaban J connectivity index is 1.16. The molecule has 3 nitrogen and oxygen atoms in total. The van der Waals surface area contributed by atoms with E-state index in [4.69, 9.17) is 0 Å². The van der Waals surface area contributed by atoms with Gasteiger partial charge in [0.15, 0.2) is 0 Å². The molecule has 0 saturated carbocycles. The number of fused-ring (bicyclic) bond motifs is 11. The maximum Gasteiger partial charge on any atom is 0.333 e. The van der Waals surface area contributed by atoms with Crippen molar-refractivity contribution in [1.82, 2.24) is 4.48 Å². The van der Waals surface area contributed by atoms with Gasteiger partial charge in [0.05, 0.1) is 5.69 Å². The van der Waals surface area contributed by atoms with E-state index in [2.05, 4.69) is 278 Å². The van der Waals surface area contributed by atoms with Gasteiger partial charge in [-0.15, -0.1) is 0 Å². The smallest absolute Gasteiger partial charge is 0.333 e. The number of aryl methyl sites for hydroxylation is 1. The average Bonchev–Trinajstić information content (AvgIpc) is 3.92. The minimum Gasteiger partial charge on any atom is -0.375 e. The first-order valence-corrected chi connectivity index (χ1v) is 26.7. The summed E-state index contributed by atoms with van der Waals surface area (Å²) in [6.45, 7) is 23.9. The highest BCUT2D eigenvalue weighted by molar-refractivity contribution is 6.89. The van der Waals surface area contributed by atoms with E-state index in [1.54, 1.807) is 0 Å². The van der Waals surface area contributed by atoms with E-state index in [9.17, 15) is 0 Å². The van der Waals surface area contributed by atoms with Crippen molar-refractivity contribution in [2.75, 3.05) is 9.80 Å². The molecule has 3 heterocycles. The Morgan fingerprint density at radius 2 is 1.03 bits per heavy atom. The normalized spacial score (nSPS) is 15.7. The Morgan fingerprint density at radius 1 is 0.446 bits per heavy atom. The van der Waals surface area contributed by atoms with Gasteiger partial charge in [0.1, 0.15) is 0 Å². The number of para-hydroxylation sites is 2. The van der Waals surface area contributed by atoms with Crippen LogP contribution >= 0.6 is 0 Å². The van der Waals surface area contributed by atoms with Crippen molar-refractivity contribution in [1.29, 1.82) is 0 Å². The standard InChI is InChI=1S/C70H62BN3/c1-43-36-51-52-39-48(72(46-26-16-12-17-27-46)47-28-18-13-19-29-47)40-53-63-66(49-30-20-21-31-54(49)70(63,9)10)74(65(52)53)71-59-41-57-58(69(7,8)56-33-23-22-32-55(56)68(57,5)6)42-61(59)73(62(37-43)64(51)71)60-35-34-45(67(2,3)4)38-50(60)44-24-14-11-15-25-44/h11-42H,1-10H3. The van der Waals surface area contributed by atoms with Crippen LogP contribution in [-0.2, 0) is 21.7 Å². The summed E-state index contributed by atoms with van der Waals surface area (Å²) in [5.41, 5.74) is 29.0. The van der Waals surface area contributed by atoms with Crippen molar-refractivity contribution in [3.05, 3.63) is 239 Å². The first kappa shape index (κ1) is 44.9. The lowest BCUT2D eigenvalue weighted by atomic mass is 9.44. The first-order valence-electron chi connectivity index (χ1n) is 26.7. The molecule has 10 aromatic rings. The fourth-order valence-corrected chi connectivity index (χ4v) is 14.1. The highest BCUT2D eigenvalue weighted by Crippen LogP contribution is 2.59. The van der Waals surface area contributed by atoms with E-state index in [-0.39, 0.29) is 28.5 Å². The third-order valence-corrected chi connectivity index (χ3v) is 17.7. The fourth-order valence-electron chi connectivity index (χ4n) is 14.1. The van der Waals surface area contributed by atoms with Crippen LogP contribution < -0.4 is 20.7 Å². The molecule has 0 fully saturated rings. The molecule has 0 atom stereocenters. The summed E-state index contributed by atoms with van der Waals surface area (Å²) < 4.78 is 2.83. The number of nitrogens with zero attached hydrogens (tertiary/aromatic N) is 3. The Bertz CT molecular complexity index is 3940. The van der Waals surface area contributed by atoms with Crippen LogP contribution in [0.25, 0.3) is 44.4 Å². The first-order chi connectivity index (χ1) is 35.5. The summed E-state index contributed by atoms with van der Waals surface area (Å²) in [5, 5.41) is 1.32. The SMILES string of the molecule is Cc1cc2c3c(c1)N(c1ccc(C(C)(C)C)cc1-c1ccccc1)c1cc4c(cc1B3n1c3c(c5cc(N(c6ccccc6)c6ccccc6)cc-2c51)C(C)(C)c1ccccc1-3)C(C)(C)c1ccccc1C4(C)C. The monoisotopic (exact) mass is 956 g/mol. The van der Waals surface area contributed by atoms with Crippen LogP contribution in [0.5, 0.6) is 0 Å². The predicted molar refractivity (Wildman–Crippen MR) is 314 cm³/mol. The Kier molecular flexibility index (Phi) is 9.32. The zero-order valence-electron chi connectivity index (χ0n) is 44.4. The van der Waals surface area contributed by atoms with Crippen molar-refractivity contribution in [2.45, 2.75) is 90.9 Å². The molecular weight excluding hydrogens is 894 g/mol. The van der Waals surface area contributed by atoms with E-state index < -0.39 is 0 Å². The number of aromatic nitrogens is 1. The quantitative estimate of drug-likeness (QED) is 0.159. The molecule has 0 unspecified atom stereocenters. The van der Waals surface area contributed by atoms with Crippen molar-refractivity contribution >= 4 is 62.8 Å². The van der Waals surface area contributed by atoms with Gasteiger partial charge in [-0.05, 0) is 140 Å². The number of benzene rings is 9. The molecular formula is C70H62BN3. The summed E-state index contributed by atoms with van der Waals surface area (Å²) in [5.74, 6) is 0. The Hall–Kier alpha value is -7.82. The van der Waals surface area contributed by atoms with Gasteiger partial charge in [0, 0.05) is 78.0 Å². The molecule has 360 valence electrons. The van der Waals surface area contributed by atoms with E-state index in [0.29, 0.717) is 0 Å². The van der Waals surface area contributed by atoms with Crippen LogP contribution in [0.3, 0.4) is 0 Å². The van der Waals surface area contributed by atoms with Gasteiger partial charge in [-0.2, -0.15) is 0 Å². The number of hydrogen-bond donors (Lipinski definition) is 0. The van der Waals surface area contributed by atoms with Crippen LogP contribution in [0, 0.1) is 6.92 Å². The van der Waals surface area contributed by atoms with Crippen LogP contribution in [0.4, 0.5) is 34.1 Å². The average molecular weight is 956 g/mol. The largest absolute Gasteiger partial charge is 0.375 e. The second-order valence-corrected chi connectivity index (χ2v) is 24.2. The minimum atomic E-state index is -0.264. The van der Waals surface area contributed by atoms with Crippen molar-refractivity contribution in [2.24, 2.45) is 0 Å². The lowest BCUT2D eigenvalue weighted by molar-refractivity contribution is 0.521. The molecule has 2 aliphatic heterocycles. The molecule has 0 bridgehead atoms. The van der Waals surface area contributed by atoms with Gasteiger partial charge in [0.2, 0.25) is 0 Å². The van der Waals surface area contributed by atoms with Gasteiger partial charge >= 0.3 is 6.85 Å². The third-order valence-electron chi connectivity index (χ3n) is 17.7. The molecule has 1 aromatic heterocycles. The van der Waals surface area contributed by atoms with E-state index >= 15 is 0 Å². The topological polar surface area (TPSA) is 11.4 Å². The number of hydrogen-bond acceptors (Lipinski definition) is 2. The maximum atomic E-state index is 2.83. The molecule has 14 rings (SSSR count). The summed E-state index contributed by atoms with van der Waals surface area (Å²) in [6.07, 6.45) is 0.